The van der Waals surface area contributed by atoms with Gasteiger partial charge in [0.2, 0.25) is 0 Å². The molecule has 2 aromatic rings. The summed E-state index contributed by atoms with van der Waals surface area (Å²) in [5, 5.41) is 10.7. The van der Waals surface area contributed by atoms with Gasteiger partial charge in [-0.05, 0) is 34.2 Å². The smallest absolute Gasteiger partial charge is 0.0908 e. The first-order valence-electron chi connectivity index (χ1n) is 8.71. The van der Waals surface area contributed by atoms with Gasteiger partial charge in [0.25, 0.3) is 0 Å². The van der Waals surface area contributed by atoms with E-state index in [2.05, 4.69) is 37.9 Å². The second kappa shape index (κ2) is 7.20. The number of nitrogens with zero attached hydrogens (tertiary/aromatic N) is 1. The van der Waals surface area contributed by atoms with Crippen molar-refractivity contribution in [1.29, 1.82) is 0 Å². The zero-order valence-corrected chi connectivity index (χ0v) is 15.1. The van der Waals surface area contributed by atoms with Crippen LogP contribution in [0.4, 0.5) is 5.69 Å². The van der Waals surface area contributed by atoms with Crippen molar-refractivity contribution in [3.63, 3.8) is 0 Å². The van der Waals surface area contributed by atoms with E-state index in [0.29, 0.717) is 0 Å². The Morgan fingerprint density at radius 3 is 2.28 bits per heavy atom. The van der Waals surface area contributed by atoms with Crippen LogP contribution in [-0.4, -0.2) is 17.4 Å². The minimum atomic E-state index is -0.579. The number of hydrogen-bond donors (Lipinski definition) is 1. The van der Waals surface area contributed by atoms with Gasteiger partial charge >= 0.3 is 0 Å². The molecule has 1 aliphatic rings. The maximum atomic E-state index is 10.7. The summed E-state index contributed by atoms with van der Waals surface area (Å²) >= 11 is 0. The molecule has 3 rings (SSSR count). The van der Waals surface area contributed by atoms with E-state index in [1.165, 1.54) is 5.56 Å². The van der Waals surface area contributed by atoms with E-state index in [-0.39, 0.29) is 11.3 Å². The van der Waals surface area contributed by atoms with Gasteiger partial charge in [0.05, 0.1) is 11.8 Å². The van der Waals surface area contributed by atoms with Crippen LogP contribution < -0.4 is 0 Å². The van der Waals surface area contributed by atoms with Crippen LogP contribution in [-0.2, 0) is 5.41 Å². The van der Waals surface area contributed by atoms with Crippen molar-refractivity contribution in [2.45, 2.75) is 38.2 Å². The van der Waals surface area contributed by atoms with E-state index in [1.807, 2.05) is 60.7 Å². The zero-order chi connectivity index (χ0) is 17.9. The molecule has 0 heterocycles. The molecule has 0 bridgehead atoms. The Hall–Kier alpha value is -2.45. The molecule has 0 spiro atoms. The third kappa shape index (κ3) is 4.15. The van der Waals surface area contributed by atoms with Crippen molar-refractivity contribution in [2.24, 2.45) is 4.99 Å². The molecule has 0 fully saturated rings. The summed E-state index contributed by atoms with van der Waals surface area (Å²) in [6.45, 7) is 6.60. The van der Waals surface area contributed by atoms with E-state index in [0.717, 1.165) is 16.8 Å². The quantitative estimate of drug-likeness (QED) is 0.758. The second-order valence-corrected chi connectivity index (χ2v) is 7.49. The monoisotopic (exact) mass is 331 g/mol. The van der Waals surface area contributed by atoms with Gasteiger partial charge in [-0.3, -0.25) is 4.99 Å². The Labute approximate surface area is 150 Å². The van der Waals surface area contributed by atoms with E-state index in [9.17, 15) is 5.11 Å². The Bertz CT molecular complexity index is 792. The molecule has 1 aliphatic carbocycles. The van der Waals surface area contributed by atoms with Gasteiger partial charge in [-0.15, -0.1) is 0 Å². The van der Waals surface area contributed by atoms with E-state index >= 15 is 0 Å². The largest absolute Gasteiger partial charge is 0.387 e. The first-order chi connectivity index (χ1) is 11.9. The molecule has 128 valence electrons. The molecule has 0 saturated carbocycles. The summed E-state index contributed by atoms with van der Waals surface area (Å²) in [6.07, 6.45) is 7.15. The molecular formula is C23H25NO. The van der Waals surface area contributed by atoms with E-state index in [4.69, 9.17) is 0 Å². The Balaban J connectivity index is 1.75. The topological polar surface area (TPSA) is 32.6 Å². The predicted octanol–water partition coefficient (Wildman–Crippen LogP) is 5.33. The molecule has 0 aliphatic heterocycles. The van der Waals surface area contributed by atoms with Crippen molar-refractivity contribution in [3.05, 3.63) is 89.5 Å². The number of hydrogen-bond acceptors (Lipinski definition) is 2. The highest BCUT2D eigenvalue weighted by Crippen LogP contribution is 2.29. The highest BCUT2D eigenvalue weighted by molar-refractivity contribution is 5.83. The predicted molar refractivity (Wildman–Crippen MR) is 106 cm³/mol. The SMILES string of the molecule is CC(C)(C)c1ccc(N=CC2=CC=CC(c3ccccc3)C2O)cc1. The van der Waals surface area contributed by atoms with Gasteiger partial charge in [0.1, 0.15) is 0 Å². The molecule has 2 nitrogen and oxygen atoms in total. The molecule has 0 amide bonds. The fourth-order valence-electron chi connectivity index (χ4n) is 2.98. The van der Waals surface area contributed by atoms with Gasteiger partial charge in [0, 0.05) is 12.1 Å². The molecule has 2 atom stereocenters. The number of benzene rings is 2. The van der Waals surface area contributed by atoms with Gasteiger partial charge < -0.3 is 5.11 Å². The molecule has 1 N–H and O–H groups in total. The number of aliphatic hydroxyl groups is 1. The minimum Gasteiger partial charge on any atom is -0.387 e. The van der Waals surface area contributed by atoms with Crippen LogP contribution in [0, 0.1) is 0 Å². The Kier molecular flexibility index (Phi) is 5.00. The van der Waals surface area contributed by atoms with Gasteiger partial charge in [-0.1, -0.05) is 81.5 Å². The lowest BCUT2D eigenvalue weighted by Crippen LogP contribution is -2.22. The summed E-state index contributed by atoms with van der Waals surface area (Å²) in [5.74, 6) is -0.0316. The van der Waals surface area contributed by atoms with Crippen LogP contribution >= 0.6 is 0 Å². The van der Waals surface area contributed by atoms with Crippen LogP contribution in [0.1, 0.15) is 37.8 Å². The normalized spacial score (nSPS) is 20.7. The summed E-state index contributed by atoms with van der Waals surface area (Å²) in [4.78, 5) is 4.54. The minimum absolute atomic E-state index is 0.0316. The van der Waals surface area contributed by atoms with Crippen LogP contribution in [0.5, 0.6) is 0 Å². The molecule has 2 heteroatoms. The van der Waals surface area contributed by atoms with Crippen LogP contribution in [0.25, 0.3) is 0 Å². The highest BCUT2D eigenvalue weighted by Gasteiger charge is 2.23. The third-order valence-corrected chi connectivity index (χ3v) is 4.57. The second-order valence-electron chi connectivity index (χ2n) is 7.49. The molecule has 0 radical (unpaired) electrons. The average molecular weight is 331 g/mol. The Morgan fingerprint density at radius 1 is 0.960 bits per heavy atom. The maximum Gasteiger partial charge on any atom is 0.0908 e. The van der Waals surface area contributed by atoms with Crippen molar-refractivity contribution >= 4 is 11.9 Å². The molecule has 0 saturated heterocycles. The number of allylic oxidation sites excluding steroid dienone is 2. The highest BCUT2D eigenvalue weighted by atomic mass is 16.3. The summed E-state index contributed by atoms with van der Waals surface area (Å²) in [6, 6.07) is 18.4. The maximum absolute atomic E-state index is 10.7. The molecular weight excluding hydrogens is 306 g/mol. The zero-order valence-electron chi connectivity index (χ0n) is 15.1. The Morgan fingerprint density at radius 2 is 1.64 bits per heavy atom. The molecule has 25 heavy (non-hydrogen) atoms. The average Bonchev–Trinajstić information content (AvgIpc) is 2.61. The summed E-state index contributed by atoms with van der Waals surface area (Å²) in [7, 11) is 0. The van der Waals surface area contributed by atoms with Crippen LogP contribution in [0.15, 0.2) is 83.4 Å². The molecule has 0 aromatic heterocycles. The third-order valence-electron chi connectivity index (χ3n) is 4.57. The number of rotatable bonds is 3. The van der Waals surface area contributed by atoms with Crippen LogP contribution in [0.3, 0.4) is 0 Å². The lowest BCUT2D eigenvalue weighted by Gasteiger charge is -2.23. The summed E-state index contributed by atoms with van der Waals surface area (Å²) in [5.41, 5.74) is 4.26. The van der Waals surface area contributed by atoms with E-state index < -0.39 is 6.10 Å². The van der Waals surface area contributed by atoms with Gasteiger partial charge in [0.15, 0.2) is 0 Å². The lowest BCUT2D eigenvalue weighted by molar-refractivity contribution is 0.200. The molecule has 2 aromatic carbocycles. The van der Waals surface area contributed by atoms with Crippen molar-refractivity contribution in [1.82, 2.24) is 0 Å². The summed E-state index contributed by atoms with van der Waals surface area (Å²) < 4.78 is 0. The van der Waals surface area contributed by atoms with Crippen LogP contribution in [0.2, 0.25) is 0 Å². The fourth-order valence-corrected chi connectivity index (χ4v) is 2.98. The van der Waals surface area contributed by atoms with Crippen molar-refractivity contribution in [2.75, 3.05) is 0 Å². The molecule has 2 unspecified atom stereocenters. The lowest BCUT2D eigenvalue weighted by atomic mass is 9.86. The first kappa shape index (κ1) is 17.4. The number of aliphatic hydroxyl groups excluding tert-OH is 1. The van der Waals surface area contributed by atoms with Crippen molar-refractivity contribution in [3.8, 4) is 0 Å². The van der Waals surface area contributed by atoms with E-state index in [1.54, 1.807) is 6.21 Å². The van der Waals surface area contributed by atoms with Gasteiger partial charge in [-0.2, -0.15) is 0 Å². The first-order valence-corrected chi connectivity index (χ1v) is 8.71. The fraction of sp³-hybridized carbons (Fsp3) is 0.261. The standard InChI is InChI=1S/C23H25NO/c1-23(2,3)19-12-14-20(15-13-19)24-16-18-10-7-11-21(22(18)25)17-8-5-4-6-9-17/h4-16,21-22,25H,1-3H3. The number of aliphatic imine (C=N–C) groups is 1. The van der Waals surface area contributed by atoms with Gasteiger partial charge in [-0.25, -0.2) is 0 Å². The van der Waals surface area contributed by atoms with Crippen molar-refractivity contribution < 1.29 is 5.11 Å².